The summed E-state index contributed by atoms with van der Waals surface area (Å²) in [7, 11) is 8.49. The zero-order valence-corrected chi connectivity index (χ0v) is 17.6. The van der Waals surface area contributed by atoms with Crippen LogP contribution in [-0.4, -0.2) is 88.3 Å². The standard InChI is InChI=1S/C12H30NO6Si3/c1-14-21(15-2,16-3)11-7-9-13(20)10-8-12-22(17-4,18-5)19-6/h7-12H2,1-6H3. The Morgan fingerprint density at radius 3 is 1.14 bits per heavy atom. The first-order valence-corrected chi connectivity index (χ1v) is 11.5. The van der Waals surface area contributed by atoms with Crippen molar-refractivity contribution in [3.8, 4) is 0 Å². The molecule has 7 nitrogen and oxygen atoms in total. The Morgan fingerprint density at radius 2 is 0.909 bits per heavy atom. The topological polar surface area (TPSA) is 58.6 Å². The van der Waals surface area contributed by atoms with E-state index >= 15 is 0 Å². The van der Waals surface area contributed by atoms with Crippen molar-refractivity contribution < 1.29 is 26.6 Å². The van der Waals surface area contributed by atoms with Gasteiger partial charge in [-0.1, -0.05) is 0 Å². The SMILES string of the molecule is CO[Si](CCCN([Si])CCC[Si](OC)(OC)OC)(OC)OC. The molecule has 0 aliphatic rings. The van der Waals surface area contributed by atoms with Gasteiger partial charge in [-0.25, -0.2) is 0 Å². The van der Waals surface area contributed by atoms with Crippen molar-refractivity contribution in [1.29, 1.82) is 0 Å². The van der Waals surface area contributed by atoms with Crippen molar-refractivity contribution in [2.75, 3.05) is 55.7 Å². The molecule has 0 bridgehead atoms. The summed E-state index contributed by atoms with van der Waals surface area (Å²) in [6.07, 6.45) is 1.85. The molecule has 0 rings (SSSR count). The van der Waals surface area contributed by atoms with E-state index in [4.69, 9.17) is 26.6 Å². The zero-order chi connectivity index (χ0) is 17.1. The molecule has 0 atom stereocenters. The second kappa shape index (κ2) is 11.8. The van der Waals surface area contributed by atoms with E-state index in [-0.39, 0.29) is 0 Å². The van der Waals surface area contributed by atoms with E-state index in [9.17, 15) is 0 Å². The molecule has 0 aliphatic carbocycles. The summed E-state index contributed by atoms with van der Waals surface area (Å²) in [5.41, 5.74) is 0. The van der Waals surface area contributed by atoms with Gasteiger partial charge in [-0.2, -0.15) is 0 Å². The molecular weight excluding hydrogens is 338 g/mol. The molecule has 0 heterocycles. The zero-order valence-electron chi connectivity index (χ0n) is 14.6. The minimum atomic E-state index is -2.46. The van der Waals surface area contributed by atoms with Gasteiger partial charge in [0.15, 0.2) is 0 Å². The number of hydrogen-bond donors (Lipinski definition) is 0. The number of hydrogen-bond acceptors (Lipinski definition) is 7. The molecule has 22 heavy (non-hydrogen) atoms. The summed E-state index contributed by atoms with van der Waals surface area (Å²) >= 11 is 0. The van der Waals surface area contributed by atoms with E-state index in [0.717, 1.165) is 38.0 Å². The molecular formula is C12H30NO6Si3. The van der Waals surface area contributed by atoms with Gasteiger partial charge < -0.3 is 31.1 Å². The highest BCUT2D eigenvalue weighted by Gasteiger charge is 2.38. The van der Waals surface area contributed by atoms with E-state index in [1.165, 1.54) is 0 Å². The van der Waals surface area contributed by atoms with Gasteiger partial charge in [0, 0.05) is 54.7 Å². The molecule has 0 aromatic heterocycles. The summed E-state index contributed by atoms with van der Waals surface area (Å²) in [5, 5.41) is 0. The average molecular weight is 369 g/mol. The van der Waals surface area contributed by atoms with Gasteiger partial charge >= 0.3 is 17.6 Å². The lowest BCUT2D eigenvalue weighted by Gasteiger charge is -2.26. The fourth-order valence-electron chi connectivity index (χ4n) is 2.20. The number of rotatable bonds is 14. The predicted octanol–water partition coefficient (Wildman–Crippen LogP) is 0.908. The molecule has 0 unspecified atom stereocenters. The predicted molar refractivity (Wildman–Crippen MR) is 89.7 cm³/mol. The van der Waals surface area contributed by atoms with Gasteiger partial charge in [0.25, 0.3) is 0 Å². The third kappa shape index (κ3) is 7.29. The molecule has 3 radical (unpaired) electrons. The molecule has 0 aromatic rings. The van der Waals surface area contributed by atoms with Crippen LogP contribution in [0.15, 0.2) is 0 Å². The first-order valence-electron chi connectivity index (χ1n) is 7.24. The Kier molecular flexibility index (Phi) is 12.0. The van der Waals surface area contributed by atoms with Crippen LogP contribution in [0.3, 0.4) is 0 Å². The minimum absolute atomic E-state index is 0.782. The summed E-state index contributed by atoms with van der Waals surface area (Å²) < 4.78 is 34.5. The van der Waals surface area contributed by atoms with Crippen molar-refractivity contribution >= 4 is 28.0 Å². The largest absolute Gasteiger partial charge is 0.500 e. The van der Waals surface area contributed by atoms with Gasteiger partial charge in [0.2, 0.25) is 0 Å². The highest BCUT2D eigenvalue weighted by molar-refractivity contribution is 6.60. The fourth-order valence-corrected chi connectivity index (χ4v) is 5.92. The molecule has 0 aliphatic heterocycles. The third-order valence-corrected chi connectivity index (χ3v) is 9.80. The molecule has 0 saturated heterocycles. The van der Waals surface area contributed by atoms with Crippen molar-refractivity contribution in [3.63, 3.8) is 0 Å². The first kappa shape index (κ1) is 22.4. The van der Waals surface area contributed by atoms with Crippen LogP contribution < -0.4 is 0 Å². The fraction of sp³-hybridized carbons (Fsp3) is 1.00. The number of nitrogens with zero attached hydrogens (tertiary/aromatic N) is 1. The maximum absolute atomic E-state index is 5.40. The monoisotopic (exact) mass is 368 g/mol. The van der Waals surface area contributed by atoms with Crippen molar-refractivity contribution in [3.05, 3.63) is 0 Å². The van der Waals surface area contributed by atoms with Crippen LogP contribution in [0.25, 0.3) is 0 Å². The lowest BCUT2D eigenvalue weighted by Crippen LogP contribution is -2.44. The van der Waals surface area contributed by atoms with E-state index in [0.29, 0.717) is 0 Å². The van der Waals surface area contributed by atoms with Crippen LogP contribution in [0, 0.1) is 0 Å². The molecule has 0 aromatic carbocycles. The normalized spacial score (nSPS) is 13.1. The molecule has 0 saturated carbocycles. The van der Waals surface area contributed by atoms with Crippen LogP contribution in [0.2, 0.25) is 12.1 Å². The molecule has 0 amide bonds. The minimum Gasteiger partial charge on any atom is -0.377 e. The summed E-state index contributed by atoms with van der Waals surface area (Å²) in [5.74, 6) is 0. The second-order valence-electron chi connectivity index (χ2n) is 4.78. The third-order valence-electron chi connectivity index (χ3n) is 3.69. The van der Waals surface area contributed by atoms with Crippen molar-refractivity contribution in [1.82, 2.24) is 4.57 Å². The Morgan fingerprint density at radius 1 is 0.636 bits per heavy atom. The van der Waals surface area contributed by atoms with Crippen LogP contribution in [-0.2, 0) is 26.6 Å². The van der Waals surface area contributed by atoms with Gasteiger partial charge in [-0.05, 0) is 25.9 Å². The highest BCUT2D eigenvalue weighted by Crippen LogP contribution is 2.17. The van der Waals surface area contributed by atoms with Crippen molar-refractivity contribution in [2.45, 2.75) is 24.9 Å². The maximum atomic E-state index is 5.40. The van der Waals surface area contributed by atoms with Crippen LogP contribution in [0.1, 0.15) is 12.8 Å². The first-order chi connectivity index (χ1) is 10.5. The quantitative estimate of drug-likeness (QED) is 0.422. The van der Waals surface area contributed by atoms with E-state index < -0.39 is 17.6 Å². The molecule has 0 fully saturated rings. The maximum Gasteiger partial charge on any atom is 0.500 e. The average Bonchev–Trinajstić information content (AvgIpc) is 2.56. The highest BCUT2D eigenvalue weighted by atomic mass is 28.4. The van der Waals surface area contributed by atoms with E-state index in [1.807, 2.05) is 0 Å². The van der Waals surface area contributed by atoms with Gasteiger partial charge in [-0.3, -0.25) is 0 Å². The van der Waals surface area contributed by atoms with Gasteiger partial charge in [-0.15, -0.1) is 0 Å². The van der Waals surface area contributed by atoms with Crippen LogP contribution in [0.4, 0.5) is 0 Å². The van der Waals surface area contributed by atoms with E-state index in [2.05, 4.69) is 15.0 Å². The Labute approximate surface area is 140 Å². The summed E-state index contributed by atoms with van der Waals surface area (Å²) in [6.45, 7) is 1.76. The molecule has 0 spiro atoms. The van der Waals surface area contributed by atoms with E-state index in [1.54, 1.807) is 42.7 Å². The molecule has 0 N–H and O–H groups in total. The Hall–Kier alpha value is 0.371. The van der Waals surface area contributed by atoms with Crippen LogP contribution in [0.5, 0.6) is 0 Å². The smallest absolute Gasteiger partial charge is 0.377 e. The lowest BCUT2D eigenvalue weighted by molar-refractivity contribution is 0.121. The lowest BCUT2D eigenvalue weighted by atomic mass is 10.4. The second-order valence-corrected chi connectivity index (χ2v) is 11.6. The molecule has 131 valence electrons. The van der Waals surface area contributed by atoms with Gasteiger partial charge in [0.1, 0.15) is 10.4 Å². The molecule has 10 heteroatoms. The van der Waals surface area contributed by atoms with Gasteiger partial charge in [0.05, 0.1) is 0 Å². The Balaban J connectivity index is 4.03. The summed E-state index contributed by atoms with van der Waals surface area (Å²) in [4.78, 5) is 0. The van der Waals surface area contributed by atoms with Crippen molar-refractivity contribution in [2.24, 2.45) is 0 Å². The van der Waals surface area contributed by atoms with Crippen LogP contribution >= 0.6 is 0 Å². The summed E-state index contributed by atoms with van der Waals surface area (Å²) in [6, 6.07) is 1.56. The Bertz CT molecular complexity index is 237.